The van der Waals surface area contributed by atoms with Crippen molar-refractivity contribution in [1.29, 1.82) is 0 Å². The summed E-state index contributed by atoms with van der Waals surface area (Å²) < 4.78 is 7.35. The summed E-state index contributed by atoms with van der Waals surface area (Å²) in [4.78, 5) is 16.0. The van der Waals surface area contributed by atoms with E-state index in [0.717, 1.165) is 25.8 Å². The Morgan fingerprint density at radius 1 is 1.22 bits per heavy atom. The van der Waals surface area contributed by atoms with Crippen LogP contribution in [-0.4, -0.2) is 25.7 Å². The molecule has 0 unspecified atom stereocenters. The Balaban J connectivity index is 1.36. The number of furan rings is 1. The summed E-state index contributed by atoms with van der Waals surface area (Å²) in [7, 11) is 0. The summed E-state index contributed by atoms with van der Waals surface area (Å²) in [5, 5.41) is 9.38. The summed E-state index contributed by atoms with van der Waals surface area (Å²) in [6.07, 6.45) is 9.05. The Hall–Kier alpha value is -2.83. The highest BCUT2D eigenvalue weighted by atomic mass is 16.3. The second-order valence-corrected chi connectivity index (χ2v) is 5.26. The summed E-state index contributed by atoms with van der Waals surface area (Å²) in [5.74, 6) is 1.28. The predicted octanol–water partition coefficient (Wildman–Crippen LogP) is 3.07. The van der Waals surface area contributed by atoms with Crippen molar-refractivity contribution in [2.24, 2.45) is 0 Å². The highest BCUT2D eigenvalue weighted by molar-refractivity contribution is 5.88. The van der Waals surface area contributed by atoms with E-state index in [9.17, 15) is 4.79 Å². The van der Waals surface area contributed by atoms with E-state index in [1.165, 1.54) is 0 Å². The van der Waals surface area contributed by atoms with Gasteiger partial charge in [-0.25, -0.2) is 0 Å². The lowest BCUT2D eigenvalue weighted by Gasteiger charge is -2.03. The highest BCUT2D eigenvalue weighted by Gasteiger charge is 2.10. The first kappa shape index (κ1) is 15.1. The van der Waals surface area contributed by atoms with Gasteiger partial charge in [-0.2, -0.15) is 4.98 Å². The zero-order valence-electron chi connectivity index (χ0n) is 12.7. The summed E-state index contributed by atoms with van der Waals surface area (Å²) in [5.41, 5.74) is 0. The van der Waals surface area contributed by atoms with E-state index in [4.69, 9.17) is 4.42 Å². The quantitative estimate of drug-likeness (QED) is 0.625. The van der Waals surface area contributed by atoms with Gasteiger partial charge in [0.25, 0.3) is 0 Å². The molecule has 3 aromatic rings. The number of amides is 1. The molecule has 2 N–H and O–H groups in total. The number of H-pyrrole nitrogens is 1. The van der Waals surface area contributed by atoms with Gasteiger partial charge >= 0.3 is 0 Å². The average molecular weight is 313 g/mol. The fourth-order valence-corrected chi connectivity index (χ4v) is 2.30. The van der Waals surface area contributed by atoms with Crippen LogP contribution in [0.25, 0.3) is 11.6 Å². The number of rotatable bonds is 8. The van der Waals surface area contributed by atoms with Crippen molar-refractivity contribution in [3.8, 4) is 11.6 Å². The third-order valence-corrected chi connectivity index (χ3v) is 3.48. The first-order valence-corrected chi connectivity index (χ1v) is 7.68. The molecule has 3 aromatic heterocycles. The molecule has 1 amide bonds. The smallest absolute Gasteiger partial charge is 0.249 e. The molecular weight excluding hydrogens is 294 g/mol. The number of aromatic amines is 1. The largest absolute Gasteiger partial charge is 0.461 e. The average Bonchev–Trinajstić information content (AvgIpc) is 3.29. The zero-order chi connectivity index (χ0) is 15.9. The van der Waals surface area contributed by atoms with Crippen LogP contribution in [0.4, 0.5) is 5.95 Å². The number of unbranched alkanes of at least 4 members (excludes halogenated alkanes) is 2. The van der Waals surface area contributed by atoms with Crippen molar-refractivity contribution < 1.29 is 9.21 Å². The minimum atomic E-state index is -0.0732. The predicted molar refractivity (Wildman–Crippen MR) is 85.6 cm³/mol. The van der Waals surface area contributed by atoms with E-state index in [1.54, 1.807) is 18.4 Å². The van der Waals surface area contributed by atoms with Gasteiger partial charge in [0, 0.05) is 25.4 Å². The summed E-state index contributed by atoms with van der Waals surface area (Å²) in [6.45, 7) is 0.988. The van der Waals surface area contributed by atoms with Crippen molar-refractivity contribution in [1.82, 2.24) is 19.7 Å². The van der Waals surface area contributed by atoms with Crippen LogP contribution in [0.15, 0.2) is 47.3 Å². The van der Waals surface area contributed by atoms with E-state index >= 15 is 0 Å². The number of nitrogens with one attached hydrogen (secondary N) is 2. The maximum atomic E-state index is 11.9. The van der Waals surface area contributed by atoms with Crippen LogP contribution < -0.4 is 5.32 Å². The van der Waals surface area contributed by atoms with E-state index in [0.29, 0.717) is 18.0 Å². The Morgan fingerprint density at radius 3 is 2.87 bits per heavy atom. The SMILES string of the molecule is O=C(CCCCCn1cccc1)Nc1n[nH]c(-c2ccco2)n1. The Bertz CT molecular complexity index is 716. The molecule has 0 fully saturated rings. The normalized spacial score (nSPS) is 10.8. The maximum absolute atomic E-state index is 11.9. The molecule has 0 aliphatic rings. The van der Waals surface area contributed by atoms with E-state index in [1.807, 2.05) is 24.5 Å². The number of hydrogen-bond acceptors (Lipinski definition) is 4. The van der Waals surface area contributed by atoms with Crippen LogP contribution in [0.5, 0.6) is 0 Å². The molecule has 7 nitrogen and oxygen atoms in total. The van der Waals surface area contributed by atoms with Crippen LogP contribution in [-0.2, 0) is 11.3 Å². The van der Waals surface area contributed by atoms with Crippen molar-refractivity contribution in [3.63, 3.8) is 0 Å². The van der Waals surface area contributed by atoms with Crippen LogP contribution in [0, 0.1) is 0 Å². The van der Waals surface area contributed by atoms with Crippen LogP contribution in [0.1, 0.15) is 25.7 Å². The molecule has 0 bridgehead atoms. The topological polar surface area (TPSA) is 88.7 Å². The molecule has 120 valence electrons. The molecule has 0 saturated carbocycles. The number of nitrogens with zero attached hydrogens (tertiary/aromatic N) is 3. The first-order valence-electron chi connectivity index (χ1n) is 7.68. The molecule has 0 saturated heterocycles. The van der Waals surface area contributed by atoms with Crippen LogP contribution in [0.2, 0.25) is 0 Å². The monoisotopic (exact) mass is 313 g/mol. The lowest BCUT2D eigenvalue weighted by atomic mass is 10.2. The molecule has 7 heteroatoms. The molecule has 0 atom stereocenters. The van der Waals surface area contributed by atoms with Crippen molar-refractivity contribution in [2.75, 3.05) is 5.32 Å². The van der Waals surface area contributed by atoms with Gasteiger partial charge in [-0.15, -0.1) is 5.10 Å². The van der Waals surface area contributed by atoms with Crippen molar-refractivity contribution >= 4 is 11.9 Å². The molecular formula is C16H19N5O2. The molecule has 0 radical (unpaired) electrons. The number of anilines is 1. The van der Waals surface area contributed by atoms with E-state index < -0.39 is 0 Å². The fourth-order valence-electron chi connectivity index (χ4n) is 2.30. The van der Waals surface area contributed by atoms with Crippen molar-refractivity contribution in [2.45, 2.75) is 32.2 Å². The maximum Gasteiger partial charge on any atom is 0.249 e. The number of carbonyl (C=O) groups excluding carboxylic acids is 1. The molecule has 0 spiro atoms. The van der Waals surface area contributed by atoms with Crippen LogP contribution >= 0.6 is 0 Å². The molecule has 3 heterocycles. The lowest BCUT2D eigenvalue weighted by molar-refractivity contribution is -0.116. The Kier molecular flexibility index (Phi) is 4.88. The zero-order valence-corrected chi connectivity index (χ0v) is 12.7. The number of hydrogen-bond donors (Lipinski definition) is 2. The summed E-state index contributed by atoms with van der Waals surface area (Å²) >= 11 is 0. The highest BCUT2D eigenvalue weighted by Crippen LogP contribution is 2.16. The summed E-state index contributed by atoms with van der Waals surface area (Å²) in [6, 6.07) is 7.57. The molecule has 23 heavy (non-hydrogen) atoms. The van der Waals surface area contributed by atoms with Gasteiger partial charge in [0.2, 0.25) is 11.9 Å². The third-order valence-electron chi connectivity index (χ3n) is 3.48. The molecule has 0 aromatic carbocycles. The van der Waals surface area contributed by atoms with E-state index in [2.05, 4.69) is 25.1 Å². The molecule has 0 aliphatic heterocycles. The molecule has 3 rings (SSSR count). The lowest BCUT2D eigenvalue weighted by Crippen LogP contribution is -2.12. The second kappa shape index (κ2) is 7.44. The van der Waals surface area contributed by atoms with Gasteiger partial charge in [-0.05, 0) is 37.1 Å². The number of aromatic nitrogens is 4. The number of carbonyl (C=O) groups is 1. The second-order valence-electron chi connectivity index (χ2n) is 5.26. The van der Waals surface area contributed by atoms with Gasteiger partial charge in [0.15, 0.2) is 11.6 Å². The van der Waals surface area contributed by atoms with E-state index in [-0.39, 0.29) is 11.9 Å². The minimum absolute atomic E-state index is 0.0732. The van der Waals surface area contributed by atoms with Gasteiger partial charge in [-0.1, -0.05) is 6.42 Å². The Labute approximate surface area is 133 Å². The minimum Gasteiger partial charge on any atom is -0.461 e. The standard InChI is InChI=1S/C16H19N5O2/c22-14(8-2-1-3-9-21-10-4-5-11-21)17-16-18-15(19-20-16)13-7-6-12-23-13/h4-7,10-12H,1-3,8-9H2,(H2,17,18,19,20,22). The third kappa shape index (κ3) is 4.32. The molecule has 0 aliphatic carbocycles. The van der Waals surface area contributed by atoms with Gasteiger partial charge in [-0.3, -0.25) is 15.2 Å². The van der Waals surface area contributed by atoms with Crippen molar-refractivity contribution in [3.05, 3.63) is 42.9 Å². The van der Waals surface area contributed by atoms with Gasteiger partial charge in [0.1, 0.15) is 0 Å². The van der Waals surface area contributed by atoms with Gasteiger partial charge in [0.05, 0.1) is 6.26 Å². The first-order chi connectivity index (χ1) is 11.3. The Morgan fingerprint density at radius 2 is 2.09 bits per heavy atom. The van der Waals surface area contributed by atoms with Gasteiger partial charge < -0.3 is 8.98 Å². The fraction of sp³-hybridized carbons (Fsp3) is 0.312. The number of aryl methyl sites for hydroxylation is 1. The van der Waals surface area contributed by atoms with Crippen LogP contribution in [0.3, 0.4) is 0 Å².